The van der Waals surface area contributed by atoms with Crippen molar-refractivity contribution in [3.63, 3.8) is 0 Å². The summed E-state index contributed by atoms with van der Waals surface area (Å²) in [6.07, 6.45) is 2.65. The number of fused-ring (bicyclic) bond motifs is 1. The number of nitrogens with one attached hydrogen (secondary N) is 1. The summed E-state index contributed by atoms with van der Waals surface area (Å²) >= 11 is 0. The molecule has 1 aromatic carbocycles. The number of para-hydroxylation sites is 1. The Bertz CT molecular complexity index is 978. The molecule has 140 valence electrons. The molecule has 0 bridgehead atoms. The van der Waals surface area contributed by atoms with E-state index in [4.69, 9.17) is 4.52 Å². The molecular weight excluding hydrogens is 346 g/mol. The molecule has 0 radical (unpaired) electrons. The van der Waals surface area contributed by atoms with E-state index < -0.39 is 5.91 Å². The maximum atomic E-state index is 12.8. The van der Waals surface area contributed by atoms with Gasteiger partial charge in [0.2, 0.25) is 0 Å². The lowest BCUT2D eigenvalue weighted by Gasteiger charge is -2.38. The average Bonchev–Trinajstić information content (AvgIpc) is 3.04. The van der Waals surface area contributed by atoms with Gasteiger partial charge in [-0.1, -0.05) is 23.4 Å². The fraction of sp³-hybridized carbons (Fsp3) is 0.350. The largest absolute Gasteiger partial charge is 0.393 e. The van der Waals surface area contributed by atoms with Crippen LogP contribution >= 0.6 is 0 Å². The smallest absolute Gasteiger partial charge is 0.274 e. The number of amides is 1. The number of carbonyl (C=O) groups excluding carboxylic acids is 1. The molecule has 1 amide bonds. The van der Waals surface area contributed by atoms with Crippen LogP contribution in [-0.4, -0.2) is 32.4 Å². The summed E-state index contributed by atoms with van der Waals surface area (Å²) in [7, 11) is 0. The van der Waals surface area contributed by atoms with Crippen molar-refractivity contribution in [3.8, 4) is 0 Å². The SMILES string of the molecule is Cc1onc(C(=O)NC(c2cnc3ccccc3c2)C2CC(O)C2)c1CO. The molecule has 3 N–H and O–H groups in total. The number of pyridine rings is 1. The molecule has 27 heavy (non-hydrogen) atoms. The van der Waals surface area contributed by atoms with Crippen molar-refractivity contribution in [3.05, 3.63) is 59.1 Å². The first kappa shape index (κ1) is 17.6. The third kappa shape index (κ3) is 3.31. The molecular formula is C20H21N3O4. The molecule has 1 atom stereocenters. The Morgan fingerprint density at radius 1 is 1.37 bits per heavy atom. The summed E-state index contributed by atoms with van der Waals surface area (Å²) in [6, 6.07) is 9.50. The van der Waals surface area contributed by atoms with Crippen molar-refractivity contribution in [2.24, 2.45) is 5.92 Å². The number of benzene rings is 1. The van der Waals surface area contributed by atoms with Gasteiger partial charge in [-0.2, -0.15) is 0 Å². The maximum absolute atomic E-state index is 12.8. The molecule has 2 heterocycles. The number of rotatable bonds is 5. The zero-order valence-electron chi connectivity index (χ0n) is 14.9. The highest BCUT2D eigenvalue weighted by Gasteiger charge is 2.36. The number of hydrogen-bond acceptors (Lipinski definition) is 6. The Labute approximate surface area is 156 Å². The van der Waals surface area contributed by atoms with Crippen molar-refractivity contribution in [2.75, 3.05) is 0 Å². The van der Waals surface area contributed by atoms with Crippen molar-refractivity contribution >= 4 is 16.8 Å². The summed E-state index contributed by atoms with van der Waals surface area (Å²) in [5.74, 6) is 0.124. The van der Waals surface area contributed by atoms with Crippen molar-refractivity contribution in [1.82, 2.24) is 15.5 Å². The van der Waals surface area contributed by atoms with Crippen LogP contribution in [0, 0.1) is 12.8 Å². The molecule has 3 aromatic rings. The monoisotopic (exact) mass is 367 g/mol. The lowest BCUT2D eigenvalue weighted by molar-refractivity contribution is 0.0234. The number of aryl methyl sites for hydroxylation is 1. The van der Waals surface area contributed by atoms with E-state index in [1.807, 2.05) is 30.3 Å². The third-order valence-electron chi connectivity index (χ3n) is 5.24. The van der Waals surface area contributed by atoms with Gasteiger partial charge >= 0.3 is 0 Å². The Morgan fingerprint density at radius 2 is 2.15 bits per heavy atom. The Kier molecular flexibility index (Phi) is 4.63. The van der Waals surface area contributed by atoms with Gasteiger partial charge in [0.1, 0.15) is 5.76 Å². The lowest BCUT2D eigenvalue weighted by atomic mass is 9.75. The predicted octanol–water partition coefficient (Wildman–Crippen LogP) is 2.27. The Balaban J connectivity index is 1.65. The molecule has 1 fully saturated rings. The van der Waals surface area contributed by atoms with Crippen molar-refractivity contribution in [1.29, 1.82) is 0 Å². The van der Waals surface area contributed by atoms with Crippen molar-refractivity contribution < 1.29 is 19.5 Å². The topological polar surface area (TPSA) is 108 Å². The maximum Gasteiger partial charge on any atom is 0.274 e. The van der Waals surface area contributed by atoms with Gasteiger partial charge < -0.3 is 20.1 Å². The molecule has 2 aromatic heterocycles. The zero-order valence-corrected chi connectivity index (χ0v) is 14.9. The molecule has 1 saturated carbocycles. The van der Waals surface area contributed by atoms with Gasteiger partial charge in [-0.25, -0.2) is 0 Å². The van der Waals surface area contributed by atoms with Crippen LogP contribution in [-0.2, 0) is 6.61 Å². The Hall–Kier alpha value is -2.77. The second-order valence-electron chi connectivity index (χ2n) is 7.02. The van der Waals surface area contributed by atoms with E-state index in [1.54, 1.807) is 13.1 Å². The standard InChI is InChI=1S/C20H21N3O4/c1-11-16(10-24)19(23-27-11)20(26)22-18(13-7-15(25)8-13)14-6-12-4-2-3-5-17(12)21-9-14/h2-6,9,13,15,18,24-25H,7-8,10H2,1H3,(H,22,26). The quantitative estimate of drug-likeness (QED) is 0.638. The lowest BCUT2D eigenvalue weighted by Crippen LogP contribution is -2.41. The van der Waals surface area contributed by atoms with Crippen LogP contribution in [0.15, 0.2) is 41.1 Å². The molecule has 1 unspecified atom stereocenters. The summed E-state index contributed by atoms with van der Waals surface area (Å²) in [6.45, 7) is 1.34. The van der Waals surface area contributed by atoms with Crippen LogP contribution < -0.4 is 5.32 Å². The number of aliphatic hydroxyl groups is 2. The molecule has 0 saturated heterocycles. The molecule has 0 spiro atoms. The second-order valence-corrected chi connectivity index (χ2v) is 7.02. The van der Waals surface area contributed by atoms with Crippen LogP contribution in [0.4, 0.5) is 0 Å². The van der Waals surface area contributed by atoms with E-state index in [0.717, 1.165) is 16.5 Å². The first-order chi connectivity index (χ1) is 13.1. The van der Waals surface area contributed by atoms with Crippen LogP contribution in [0.1, 0.15) is 46.3 Å². The van der Waals surface area contributed by atoms with Crippen LogP contribution in [0.25, 0.3) is 10.9 Å². The molecule has 7 heteroatoms. The van der Waals surface area contributed by atoms with E-state index in [2.05, 4.69) is 15.5 Å². The minimum Gasteiger partial charge on any atom is -0.393 e. The van der Waals surface area contributed by atoms with E-state index >= 15 is 0 Å². The first-order valence-corrected chi connectivity index (χ1v) is 8.96. The average molecular weight is 367 g/mol. The van der Waals surface area contributed by atoms with E-state index in [0.29, 0.717) is 24.2 Å². The molecule has 1 aliphatic carbocycles. The third-order valence-corrected chi connectivity index (χ3v) is 5.24. The number of hydrogen-bond donors (Lipinski definition) is 3. The van der Waals surface area contributed by atoms with Gasteiger partial charge in [0.15, 0.2) is 5.69 Å². The fourth-order valence-corrected chi connectivity index (χ4v) is 3.60. The zero-order chi connectivity index (χ0) is 19.0. The first-order valence-electron chi connectivity index (χ1n) is 8.96. The van der Waals surface area contributed by atoms with Gasteiger partial charge in [0.05, 0.1) is 29.8 Å². The van der Waals surface area contributed by atoms with Gasteiger partial charge in [-0.05, 0) is 43.4 Å². The van der Waals surface area contributed by atoms with E-state index in [9.17, 15) is 15.0 Å². The highest BCUT2D eigenvalue weighted by atomic mass is 16.5. The molecule has 1 aliphatic rings. The minimum atomic E-state index is -0.407. The normalized spacial score (nSPS) is 20.3. The number of carbonyl (C=O) groups is 1. The van der Waals surface area contributed by atoms with Crippen LogP contribution in [0.5, 0.6) is 0 Å². The highest BCUT2D eigenvalue weighted by Crippen LogP contribution is 2.38. The van der Waals surface area contributed by atoms with Crippen LogP contribution in [0.3, 0.4) is 0 Å². The summed E-state index contributed by atoms with van der Waals surface area (Å²) in [5, 5.41) is 27.0. The number of aliphatic hydroxyl groups excluding tert-OH is 2. The van der Waals surface area contributed by atoms with Crippen molar-refractivity contribution in [2.45, 2.75) is 38.5 Å². The predicted molar refractivity (Wildman–Crippen MR) is 97.8 cm³/mol. The van der Waals surface area contributed by atoms with E-state index in [-0.39, 0.29) is 30.4 Å². The second kappa shape index (κ2) is 7.09. The molecule has 4 rings (SSSR count). The highest BCUT2D eigenvalue weighted by molar-refractivity contribution is 5.94. The van der Waals surface area contributed by atoms with Gasteiger partial charge in [-0.15, -0.1) is 0 Å². The molecule has 0 aliphatic heterocycles. The van der Waals surface area contributed by atoms with Crippen LogP contribution in [0.2, 0.25) is 0 Å². The number of aromatic nitrogens is 2. The van der Waals surface area contributed by atoms with Gasteiger partial charge in [0, 0.05) is 11.6 Å². The summed E-state index contributed by atoms with van der Waals surface area (Å²) in [5.41, 5.74) is 2.24. The molecule has 7 nitrogen and oxygen atoms in total. The summed E-state index contributed by atoms with van der Waals surface area (Å²) in [4.78, 5) is 17.3. The number of nitrogens with zero attached hydrogens (tertiary/aromatic N) is 2. The van der Waals surface area contributed by atoms with Gasteiger partial charge in [0.25, 0.3) is 5.91 Å². The van der Waals surface area contributed by atoms with E-state index in [1.165, 1.54) is 0 Å². The minimum absolute atomic E-state index is 0.0913. The van der Waals surface area contributed by atoms with Gasteiger partial charge in [-0.3, -0.25) is 9.78 Å². The Morgan fingerprint density at radius 3 is 2.89 bits per heavy atom. The summed E-state index contributed by atoms with van der Waals surface area (Å²) < 4.78 is 5.05. The fourth-order valence-electron chi connectivity index (χ4n) is 3.60.